The van der Waals surface area contributed by atoms with Gasteiger partial charge in [0, 0.05) is 19.6 Å². The van der Waals surface area contributed by atoms with Gasteiger partial charge in [-0.05, 0) is 32.2 Å². The molecule has 1 amide bonds. The number of nitrogens with one attached hydrogen (secondary N) is 1. The van der Waals surface area contributed by atoms with Crippen LogP contribution in [0.15, 0.2) is 12.2 Å². The maximum atomic E-state index is 12.7. The second-order valence-corrected chi connectivity index (χ2v) is 5.32. The predicted molar refractivity (Wildman–Crippen MR) is 69.8 cm³/mol. The Morgan fingerprint density at radius 2 is 2.35 bits per heavy atom. The zero-order chi connectivity index (χ0) is 12.1. The number of nitrogens with zero attached hydrogens (tertiary/aromatic N) is 1. The molecule has 96 valence electrons. The molecule has 2 aliphatic rings. The monoisotopic (exact) mass is 236 g/mol. The third-order valence-electron chi connectivity index (χ3n) is 4.00. The van der Waals surface area contributed by atoms with E-state index in [1.807, 2.05) is 4.90 Å². The van der Waals surface area contributed by atoms with E-state index in [4.69, 9.17) is 0 Å². The summed E-state index contributed by atoms with van der Waals surface area (Å²) in [6, 6.07) is 0. The highest BCUT2D eigenvalue weighted by Crippen LogP contribution is 2.34. The van der Waals surface area contributed by atoms with E-state index < -0.39 is 0 Å². The first-order valence-electron chi connectivity index (χ1n) is 6.93. The van der Waals surface area contributed by atoms with Gasteiger partial charge in [-0.1, -0.05) is 25.5 Å². The fourth-order valence-corrected chi connectivity index (χ4v) is 3.11. The van der Waals surface area contributed by atoms with E-state index in [9.17, 15) is 4.79 Å². The topological polar surface area (TPSA) is 32.3 Å². The minimum atomic E-state index is -0.113. The van der Waals surface area contributed by atoms with Crippen LogP contribution < -0.4 is 5.32 Å². The number of hydrogen-bond acceptors (Lipinski definition) is 2. The maximum absolute atomic E-state index is 12.7. The van der Waals surface area contributed by atoms with Crippen LogP contribution in [0.2, 0.25) is 0 Å². The van der Waals surface area contributed by atoms with Crippen molar-refractivity contribution in [3.8, 4) is 0 Å². The lowest BCUT2D eigenvalue weighted by Gasteiger charge is -2.40. The van der Waals surface area contributed by atoms with E-state index in [-0.39, 0.29) is 5.41 Å². The van der Waals surface area contributed by atoms with Crippen LogP contribution in [0.25, 0.3) is 0 Å². The van der Waals surface area contributed by atoms with Crippen LogP contribution in [0.3, 0.4) is 0 Å². The second kappa shape index (κ2) is 5.67. The summed E-state index contributed by atoms with van der Waals surface area (Å²) in [6.07, 6.45) is 9.63. The van der Waals surface area contributed by atoms with Crippen LogP contribution in [0.4, 0.5) is 0 Å². The second-order valence-electron chi connectivity index (χ2n) is 5.32. The van der Waals surface area contributed by atoms with Crippen molar-refractivity contribution in [2.75, 3.05) is 26.2 Å². The first-order valence-corrected chi connectivity index (χ1v) is 6.93. The summed E-state index contributed by atoms with van der Waals surface area (Å²) in [5, 5.41) is 3.41. The number of carbonyl (C=O) groups is 1. The van der Waals surface area contributed by atoms with Crippen molar-refractivity contribution < 1.29 is 4.79 Å². The average Bonchev–Trinajstić information content (AvgIpc) is 2.40. The number of piperidine rings is 1. The summed E-state index contributed by atoms with van der Waals surface area (Å²) in [6.45, 7) is 5.84. The van der Waals surface area contributed by atoms with Gasteiger partial charge in [0.15, 0.2) is 0 Å². The molecule has 0 aliphatic carbocycles. The van der Waals surface area contributed by atoms with E-state index in [2.05, 4.69) is 24.4 Å². The van der Waals surface area contributed by atoms with Gasteiger partial charge >= 0.3 is 0 Å². The van der Waals surface area contributed by atoms with Crippen molar-refractivity contribution in [3.63, 3.8) is 0 Å². The number of carbonyl (C=O) groups excluding carboxylic acids is 1. The lowest BCUT2D eigenvalue weighted by Crippen LogP contribution is -2.52. The standard InChI is InChI=1S/C14H24N2O/c1-2-7-14(8-6-9-15-12-14)13(17)16-10-4-3-5-11-16/h3-4,15H,2,5-12H2,1H3. The first-order chi connectivity index (χ1) is 8.28. The molecule has 3 nitrogen and oxygen atoms in total. The number of hydrogen-bond donors (Lipinski definition) is 1. The molecular weight excluding hydrogens is 212 g/mol. The molecule has 1 atom stereocenters. The molecule has 0 saturated carbocycles. The maximum Gasteiger partial charge on any atom is 0.230 e. The van der Waals surface area contributed by atoms with Gasteiger partial charge < -0.3 is 10.2 Å². The Morgan fingerprint density at radius 3 is 2.94 bits per heavy atom. The fourth-order valence-electron chi connectivity index (χ4n) is 3.11. The van der Waals surface area contributed by atoms with Crippen LogP contribution in [-0.4, -0.2) is 37.0 Å². The van der Waals surface area contributed by atoms with Crippen molar-refractivity contribution in [1.82, 2.24) is 10.2 Å². The zero-order valence-electron chi connectivity index (χ0n) is 10.9. The van der Waals surface area contributed by atoms with E-state index in [1.54, 1.807) is 0 Å². The molecular formula is C14H24N2O. The summed E-state index contributed by atoms with van der Waals surface area (Å²) in [5.74, 6) is 0.385. The lowest BCUT2D eigenvalue weighted by atomic mass is 9.75. The molecule has 2 aliphatic heterocycles. The smallest absolute Gasteiger partial charge is 0.230 e. The molecule has 1 fully saturated rings. The Kier molecular flexibility index (Phi) is 4.21. The van der Waals surface area contributed by atoms with Gasteiger partial charge in [0.05, 0.1) is 5.41 Å². The molecule has 1 N–H and O–H groups in total. The Balaban J connectivity index is 2.08. The molecule has 0 aromatic rings. The Labute approximate surface area is 104 Å². The molecule has 1 saturated heterocycles. The molecule has 1 unspecified atom stereocenters. The predicted octanol–water partition coefficient (Wildman–Crippen LogP) is 1.94. The summed E-state index contributed by atoms with van der Waals surface area (Å²) in [5.41, 5.74) is -0.113. The summed E-state index contributed by atoms with van der Waals surface area (Å²) < 4.78 is 0. The van der Waals surface area contributed by atoms with Gasteiger partial charge in [0.2, 0.25) is 5.91 Å². The Bertz CT molecular complexity index is 287. The van der Waals surface area contributed by atoms with Gasteiger partial charge in [-0.3, -0.25) is 4.79 Å². The molecule has 2 heterocycles. The Hall–Kier alpha value is -0.830. The molecule has 0 aromatic heterocycles. The minimum absolute atomic E-state index is 0.113. The third kappa shape index (κ3) is 2.71. The van der Waals surface area contributed by atoms with Crippen LogP contribution in [0.5, 0.6) is 0 Å². The summed E-state index contributed by atoms with van der Waals surface area (Å²) in [4.78, 5) is 14.8. The van der Waals surface area contributed by atoms with Crippen molar-refractivity contribution >= 4 is 5.91 Å². The minimum Gasteiger partial charge on any atom is -0.338 e. The van der Waals surface area contributed by atoms with Crippen molar-refractivity contribution in [2.45, 2.75) is 39.0 Å². The molecule has 0 radical (unpaired) electrons. The van der Waals surface area contributed by atoms with Gasteiger partial charge in [0.25, 0.3) is 0 Å². The highest BCUT2D eigenvalue weighted by atomic mass is 16.2. The fraction of sp³-hybridized carbons (Fsp3) is 0.786. The molecule has 3 heteroatoms. The normalized spacial score (nSPS) is 29.4. The van der Waals surface area contributed by atoms with Crippen molar-refractivity contribution in [2.24, 2.45) is 5.41 Å². The highest BCUT2D eigenvalue weighted by molar-refractivity contribution is 5.83. The SMILES string of the molecule is CCCC1(C(=O)N2CC=CCC2)CCCNC1. The third-order valence-corrected chi connectivity index (χ3v) is 4.00. The van der Waals surface area contributed by atoms with Crippen LogP contribution >= 0.6 is 0 Å². The quantitative estimate of drug-likeness (QED) is 0.760. The van der Waals surface area contributed by atoms with Crippen LogP contribution in [-0.2, 0) is 4.79 Å². The van der Waals surface area contributed by atoms with Gasteiger partial charge in [-0.25, -0.2) is 0 Å². The lowest BCUT2D eigenvalue weighted by molar-refractivity contribution is -0.143. The number of amides is 1. The van der Waals surface area contributed by atoms with Crippen molar-refractivity contribution in [1.29, 1.82) is 0 Å². The van der Waals surface area contributed by atoms with E-state index in [1.165, 1.54) is 0 Å². The highest BCUT2D eigenvalue weighted by Gasteiger charge is 2.41. The van der Waals surface area contributed by atoms with Crippen molar-refractivity contribution in [3.05, 3.63) is 12.2 Å². The van der Waals surface area contributed by atoms with E-state index in [0.29, 0.717) is 5.91 Å². The summed E-state index contributed by atoms with van der Waals surface area (Å²) >= 11 is 0. The van der Waals surface area contributed by atoms with Gasteiger partial charge in [0.1, 0.15) is 0 Å². The molecule has 0 spiro atoms. The van der Waals surface area contributed by atoms with Gasteiger partial charge in [-0.15, -0.1) is 0 Å². The molecule has 17 heavy (non-hydrogen) atoms. The Morgan fingerprint density at radius 1 is 1.47 bits per heavy atom. The largest absolute Gasteiger partial charge is 0.338 e. The van der Waals surface area contributed by atoms with E-state index in [0.717, 1.165) is 58.3 Å². The zero-order valence-corrected chi connectivity index (χ0v) is 10.9. The average molecular weight is 236 g/mol. The first kappa shape index (κ1) is 12.6. The van der Waals surface area contributed by atoms with Crippen LogP contribution in [0, 0.1) is 5.41 Å². The molecule has 2 rings (SSSR count). The summed E-state index contributed by atoms with van der Waals surface area (Å²) in [7, 11) is 0. The molecule has 0 aromatic carbocycles. The number of rotatable bonds is 3. The van der Waals surface area contributed by atoms with Crippen LogP contribution in [0.1, 0.15) is 39.0 Å². The van der Waals surface area contributed by atoms with E-state index >= 15 is 0 Å². The van der Waals surface area contributed by atoms with Gasteiger partial charge in [-0.2, -0.15) is 0 Å². The molecule has 0 bridgehead atoms.